The molecule has 2 aromatic carbocycles. The molecule has 3 aromatic rings. The van der Waals surface area contributed by atoms with Gasteiger partial charge in [-0.25, -0.2) is 0 Å². The Bertz CT molecular complexity index is 1750. The van der Waals surface area contributed by atoms with Gasteiger partial charge in [0.15, 0.2) is 0 Å². The van der Waals surface area contributed by atoms with Crippen LogP contribution in [0.5, 0.6) is 11.5 Å². The van der Waals surface area contributed by atoms with Gasteiger partial charge >= 0.3 is 5.97 Å². The second-order valence-corrected chi connectivity index (χ2v) is 13.9. The van der Waals surface area contributed by atoms with Crippen molar-refractivity contribution in [1.82, 2.24) is 14.8 Å². The SMILES string of the molecule is Cc1ccccc1C1=CC=CC(COc2cc(OCc3cncc(C#N)c3)c(CN3CCCC[C@H]3C(=O)O)cc2Cl)(OCCCN(C)C)C1C. The van der Waals surface area contributed by atoms with Crippen LogP contribution in [-0.4, -0.2) is 77.9 Å². The van der Waals surface area contributed by atoms with Gasteiger partial charge in [0, 0.05) is 48.7 Å². The molecule has 1 saturated heterocycles. The number of nitriles is 1. The molecule has 0 amide bonds. The summed E-state index contributed by atoms with van der Waals surface area (Å²) in [5, 5.41) is 19.7. The van der Waals surface area contributed by atoms with Gasteiger partial charge in [-0.1, -0.05) is 61.4 Å². The van der Waals surface area contributed by atoms with Crippen molar-refractivity contribution >= 4 is 23.1 Å². The molecule has 5 rings (SSSR count). The molecular formula is C40H47ClN4O5. The van der Waals surface area contributed by atoms with Gasteiger partial charge in [0.2, 0.25) is 0 Å². The number of nitrogens with zero attached hydrogens (tertiary/aromatic N) is 4. The number of hydrogen-bond acceptors (Lipinski definition) is 8. The standard InChI is InChI=1S/C40H47ClN4O5/c1-28-11-5-6-12-33(28)34-13-9-15-40(29(34)2,50-18-10-16-44(3)4)27-49-38-21-37(48-26-31-19-30(22-42)23-43-24-31)32(20-35(38)41)25-45-17-8-7-14-36(45)39(46)47/h5-6,9,11-13,15,19-21,23-24,29,36H,7-8,10,14,16-18,25-27H2,1-4H3,(H,46,47)/t29?,36-,40?/m0/s1. The molecule has 1 N–H and O–H groups in total. The minimum atomic E-state index is -0.831. The maximum Gasteiger partial charge on any atom is 0.320 e. The largest absolute Gasteiger partial charge is 0.489 e. The number of likely N-dealkylation sites (tertiary alicyclic amines) is 1. The number of ether oxygens (including phenoxy) is 3. The van der Waals surface area contributed by atoms with E-state index in [0.29, 0.717) is 48.2 Å². The van der Waals surface area contributed by atoms with Crippen molar-refractivity contribution in [3.05, 3.63) is 106 Å². The van der Waals surface area contributed by atoms with E-state index in [1.165, 1.54) is 22.9 Å². The Labute approximate surface area is 300 Å². The fourth-order valence-corrected chi connectivity index (χ4v) is 6.96. The van der Waals surface area contributed by atoms with Gasteiger partial charge in [0.05, 0.1) is 10.6 Å². The van der Waals surface area contributed by atoms with Crippen molar-refractivity contribution in [1.29, 1.82) is 5.26 Å². The van der Waals surface area contributed by atoms with Crippen LogP contribution >= 0.6 is 11.6 Å². The maximum absolute atomic E-state index is 12.1. The van der Waals surface area contributed by atoms with Crippen LogP contribution in [-0.2, 0) is 22.7 Å². The number of hydrogen-bond donors (Lipinski definition) is 1. The lowest BCUT2D eigenvalue weighted by Crippen LogP contribution is -2.45. The Balaban J connectivity index is 1.44. The van der Waals surface area contributed by atoms with E-state index in [0.717, 1.165) is 36.9 Å². The molecule has 2 heterocycles. The summed E-state index contributed by atoms with van der Waals surface area (Å²) in [5.74, 6) is 0.0951. The second-order valence-electron chi connectivity index (χ2n) is 13.5. The zero-order chi connectivity index (χ0) is 35.7. The van der Waals surface area contributed by atoms with Crippen molar-refractivity contribution in [3.63, 3.8) is 0 Å². The van der Waals surface area contributed by atoms with Crippen molar-refractivity contribution in [2.24, 2.45) is 5.92 Å². The number of carboxylic acids is 1. The number of aliphatic carboxylic acids is 1. The Morgan fingerprint density at radius 3 is 2.74 bits per heavy atom. The topological polar surface area (TPSA) is 108 Å². The van der Waals surface area contributed by atoms with E-state index >= 15 is 0 Å². The number of allylic oxidation sites excluding steroid dienone is 2. The van der Waals surface area contributed by atoms with Crippen LogP contribution in [0, 0.1) is 24.2 Å². The highest BCUT2D eigenvalue weighted by atomic mass is 35.5. The first-order valence-corrected chi connectivity index (χ1v) is 17.6. The number of halogens is 1. The molecule has 0 spiro atoms. The number of pyridine rings is 1. The van der Waals surface area contributed by atoms with Crippen LogP contribution in [0.1, 0.15) is 60.4 Å². The average Bonchev–Trinajstić information content (AvgIpc) is 3.11. The number of aryl methyl sites for hydroxylation is 1. The molecular weight excluding hydrogens is 652 g/mol. The molecule has 264 valence electrons. The smallest absolute Gasteiger partial charge is 0.320 e. The molecule has 2 aliphatic rings. The summed E-state index contributed by atoms with van der Waals surface area (Å²) < 4.78 is 19.7. The summed E-state index contributed by atoms with van der Waals surface area (Å²) in [4.78, 5) is 20.4. The molecule has 2 unspecified atom stereocenters. The van der Waals surface area contributed by atoms with Crippen molar-refractivity contribution in [3.8, 4) is 17.6 Å². The highest BCUT2D eigenvalue weighted by Crippen LogP contribution is 2.42. The zero-order valence-corrected chi connectivity index (χ0v) is 30.2. The lowest BCUT2D eigenvalue weighted by molar-refractivity contribution is -0.144. The number of carboxylic acid groups (broad SMARTS) is 1. The Morgan fingerprint density at radius 2 is 1.98 bits per heavy atom. The van der Waals surface area contributed by atoms with Gasteiger partial charge in [-0.2, -0.15) is 5.26 Å². The molecule has 1 aliphatic carbocycles. The van der Waals surface area contributed by atoms with E-state index in [2.05, 4.69) is 80.3 Å². The molecule has 10 heteroatoms. The van der Waals surface area contributed by atoms with Gasteiger partial charge < -0.3 is 24.2 Å². The van der Waals surface area contributed by atoms with Crippen LogP contribution in [0.15, 0.2) is 73.1 Å². The molecule has 9 nitrogen and oxygen atoms in total. The van der Waals surface area contributed by atoms with Crippen molar-refractivity contribution in [2.45, 2.75) is 64.3 Å². The van der Waals surface area contributed by atoms with Crippen LogP contribution < -0.4 is 9.47 Å². The van der Waals surface area contributed by atoms with Gasteiger partial charge in [-0.05, 0) is 88.3 Å². The minimum Gasteiger partial charge on any atom is -0.489 e. The van der Waals surface area contributed by atoms with Crippen LogP contribution in [0.3, 0.4) is 0 Å². The summed E-state index contributed by atoms with van der Waals surface area (Å²) in [6, 6.07) is 15.2. The molecule has 1 fully saturated rings. The third kappa shape index (κ3) is 9.12. The summed E-state index contributed by atoms with van der Waals surface area (Å²) >= 11 is 6.94. The second kappa shape index (κ2) is 17.1. The van der Waals surface area contributed by atoms with E-state index in [1.54, 1.807) is 18.3 Å². The monoisotopic (exact) mass is 698 g/mol. The lowest BCUT2D eigenvalue weighted by atomic mass is 9.76. The van der Waals surface area contributed by atoms with Crippen LogP contribution in [0.4, 0.5) is 0 Å². The normalized spacial score (nSPS) is 20.7. The number of aromatic nitrogens is 1. The van der Waals surface area contributed by atoms with E-state index in [4.69, 9.17) is 25.8 Å². The first-order chi connectivity index (χ1) is 24.1. The summed E-state index contributed by atoms with van der Waals surface area (Å²) in [6.45, 7) is 7.12. The van der Waals surface area contributed by atoms with Crippen LogP contribution in [0.2, 0.25) is 5.02 Å². The number of benzene rings is 2. The maximum atomic E-state index is 12.1. The van der Waals surface area contributed by atoms with E-state index in [9.17, 15) is 15.2 Å². The number of piperidine rings is 1. The first kappa shape index (κ1) is 37.1. The molecule has 50 heavy (non-hydrogen) atoms. The fourth-order valence-electron chi connectivity index (χ4n) is 6.72. The first-order valence-electron chi connectivity index (χ1n) is 17.2. The molecule has 0 saturated carbocycles. The predicted molar refractivity (Wildman–Crippen MR) is 195 cm³/mol. The number of rotatable bonds is 15. The minimum absolute atomic E-state index is 0.0336. The van der Waals surface area contributed by atoms with E-state index in [1.807, 2.05) is 17.0 Å². The Hall–Kier alpha value is -4.20. The van der Waals surface area contributed by atoms with Gasteiger partial charge in [-0.15, -0.1) is 0 Å². The van der Waals surface area contributed by atoms with E-state index < -0.39 is 17.6 Å². The fraction of sp³-hybridized carbons (Fsp3) is 0.425. The Kier molecular flexibility index (Phi) is 12.7. The lowest BCUT2D eigenvalue weighted by Gasteiger charge is -2.40. The molecule has 1 aromatic heterocycles. The quantitative estimate of drug-likeness (QED) is 0.164. The summed E-state index contributed by atoms with van der Waals surface area (Å²) in [6.07, 6.45) is 12.7. The Morgan fingerprint density at radius 1 is 1.16 bits per heavy atom. The zero-order valence-electron chi connectivity index (χ0n) is 29.4. The summed E-state index contributed by atoms with van der Waals surface area (Å²) in [7, 11) is 4.10. The van der Waals surface area contributed by atoms with Crippen molar-refractivity contribution < 1.29 is 24.1 Å². The number of carbonyl (C=O) groups is 1. The predicted octanol–water partition coefficient (Wildman–Crippen LogP) is 7.31. The van der Waals surface area contributed by atoms with Crippen molar-refractivity contribution in [2.75, 3.05) is 40.4 Å². The van der Waals surface area contributed by atoms with Gasteiger partial charge in [-0.3, -0.25) is 14.7 Å². The molecule has 3 atom stereocenters. The highest BCUT2D eigenvalue weighted by Gasteiger charge is 2.40. The average molecular weight is 699 g/mol. The van der Waals surface area contributed by atoms with Gasteiger partial charge in [0.1, 0.15) is 42.4 Å². The molecule has 0 radical (unpaired) electrons. The summed E-state index contributed by atoms with van der Waals surface area (Å²) in [5.41, 5.74) is 4.70. The molecule has 0 bridgehead atoms. The van der Waals surface area contributed by atoms with E-state index in [-0.39, 0.29) is 19.1 Å². The van der Waals surface area contributed by atoms with Gasteiger partial charge in [0.25, 0.3) is 0 Å². The molecule has 1 aliphatic heterocycles. The highest BCUT2D eigenvalue weighted by molar-refractivity contribution is 6.32. The van der Waals surface area contributed by atoms with Crippen LogP contribution in [0.25, 0.3) is 5.57 Å². The third-order valence-corrected chi connectivity index (χ3v) is 9.88. The third-order valence-electron chi connectivity index (χ3n) is 9.59.